The molecule has 10 nitrogen and oxygen atoms in total. The normalized spacial score (nSPS) is 26.3. The number of phenols is 1. The molecule has 228 valence electrons. The number of allylic oxidation sites excluding steroid dienone is 4. The van der Waals surface area contributed by atoms with E-state index in [9.17, 15) is 34.8 Å². The Morgan fingerprint density at radius 1 is 1.05 bits per heavy atom. The minimum atomic E-state index is -2.66. The molecule has 1 amide bonds. The van der Waals surface area contributed by atoms with E-state index in [1.807, 2.05) is 24.3 Å². The summed E-state index contributed by atoms with van der Waals surface area (Å²) in [5.74, 6) is -6.60. The van der Waals surface area contributed by atoms with Gasteiger partial charge in [0.1, 0.15) is 22.8 Å². The summed E-state index contributed by atoms with van der Waals surface area (Å²) in [5.41, 5.74) is 6.55. The molecular weight excluding hydrogens is 562 g/mol. The number of aliphatic hydroxyl groups is 3. The minimum absolute atomic E-state index is 0.0137. The van der Waals surface area contributed by atoms with E-state index in [0.29, 0.717) is 18.5 Å². The van der Waals surface area contributed by atoms with Gasteiger partial charge in [0.25, 0.3) is 5.91 Å². The Balaban J connectivity index is 1.33. The number of amides is 1. The van der Waals surface area contributed by atoms with E-state index >= 15 is 0 Å². The molecule has 0 saturated carbocycles. The zero-order valence-corrected chi connectivity index (χ0v) is 24.5. The third-order valence-electron chi connectivity index (χ3n) is 9.41. The minimum Gasteiger partial charge on any atom is -0.510 e. The van der Waals surface area contributed by atoms with Crippen LogP contribution in [0.4, 0.5) is 0 Å². The topological polar surface area (TPSA) is 173 Å². The lowest BCUT2D eigenvalue weighted by Gasteiger charge is -2.50. The average molecular weight is 598 g/mol. The van der Waals surface area contributed by atoms with Crippen LogP contribution >= 0.6 is 0 Å². The second-order valence-electron chi connectivity index (χ2n) is 12.2. The molecule has 0 fully saturated rings. The summed E-state index contributed by atoms with van der Waals surface area (Å²) in [4.78, 5) is 41.2. The Hall–Kier alpha value is -4.51. The summed E-state index contributed by atoms with van der Waals surface area (Å²) in [6, 6.07) is 12.3. The van der Waals surface area contributed by atoms with Crippen molar-refractivity contribution in [1.82, 2.24) is 10.2 Å². The number of likely N-dealkylation sites (N-methyl/N-ethyl adjacent to an activating group) is 1. The second kappa shape index (κ2) is 10.9. The predicted molar refractivity (Wildman–Crippen MR) is 162 cm³/mol. The number of ketones is 2. The summed E-state index contributed by atoms with van der Waals surface area (Å²) in [7, 11) is 3.21. The number of hydrogen-bond acceptors (Lipinski definition) is 9. The standard InChI is InChI=1S/C34H35N3O7/c1-37(2)28-23-14-20-13-22-21(19-9-8-18(12-19)16-36-15-17-6-4-3-5-7-17)10-11-24(38)26(22)29(39)25(20)31(41)34(23,44)32(42)27(30(28)40)33(35)43/h3-11,20,23,28,36,38,40-41,44H,12-16H2,1-2H3,(H2,35,43)/t20-,23-,28+,34-/m0/s1. The zero-order valence-electron chi connectivity index (χ0n) is 24.5. The van der Waals surface area contributed by atoms with Crippen LogP contribution in [-0.4, -0.2) is 75.1 Å². The zero-order chi connectivity index (χ0) is 31.5. The van der Waals surface area contributed by atoms with Crippen LogP contribution in [0.15, 0.2) is 82.9 Å². The van der Waals surface area contributed by atoms with Gasteiger partial charge >= 0.3 is 0 Å². The Morgan fingerprint density at radius 3 is 2.45 bits per heavy atom. The van der Waals surface area contributed by atoms with E-state index in [4.69, 9.17) is 5.73 Å². The molecule has 4 atom stereocenters. The van der Waals surface area contributed by atoms with Gasteiger partial charge in [0, 0.05) is 24.6 Å². The highest BCUT2D eigenvalue weighted by Gasteiger charge is 2.63. The predicted octanol–water partition coefficient (Wildman–Crippen LogP) is 2.62. The monoisotopic (exact) mass is 597 g/mol. The molecule has 0 bridgehead atoms. The molecule has 0 spiro atoms. The molecule has 0 unspecified atom stereocenters. The Kier molecular flexibility index (Phi) is 7.31. The molecule has 10 heteroatoms. The first kappa shape index (κ1) is 29.6. The number of Topliss-reactive ketones (excluding diaryl/α,β-unsaturated/α-hetero) is 2. The summed E-state index contributed by atoms with van der Waals surface area (Å²) in [6.07, 6.45) is 5.01. The van der Waals surface area contributed by atoms with Crippen molar-refractivity contribution in [2.75, 3.05) is 20.6 Å². The third-order valence-corrected chi connectivity index (χ3v) is 9.41. The maximum absolute atomic E-state index is 14.0. The maximum atomic E-state index is 14.0. The van der Waals surface area contributed by atoms with E-state index in [-0.39, 0.29) is 29.7 Å². The van der Waals surface area contributed by atoms with Crippen LogP contribution in [0.2, 0.25) is 0 Å². The van der Waals surface area contributed by atoms with Gasteiger partial charge in [-0.3, -0.25) is 19.3 Å². The van der Waals surface area contributed by atoms with Crippen molar-refractivity contribution in [3.8, 4) is 5.75 Å². The number of phenolic OH excluding ortho intramolecular Hbond substituents is 1. The fourth-order valence-corrected chi connectivity index (χ4v) is 7.40. The third kappa shape index (κ3) is 4.49. The highest BCUT2D eigenvalue weighted by Crippen LogP contribution is 2.53. The van der Waals surface area contributed by atoms with Gasteiger partial charge in [-0.05, 0) is 67.6 Å². The fraction of sp³-hybridized carbons (Fsp3) is 0.324. The van der Waals surface area contributed by atoms with Crippen molar-refractivity contribution in [1.29, 1.82) is 0 Å². The molecular formula is C34H35N3O7. The molecule has 6 rings (SSSR count). The largest absolute Gasteiger partial charge is 0.510 e. The van der Waals surface area contributed by atoms with Crippen LogP contribution < -0.4 is 11.1 Å². The number of rotatable bonds is 7. The van der Waals surface area contributed by atoms with Crippen molar-refractivity contribution >= 4 is 23.0 Å². The van der Waals surface area contributed by atoms with Crippen LogP contribution in [0, 0.1) is 11.8 Å². The number of carbonyl (C=O) groups is 3. The van der Waals surface area contributed by atoms with Gasteiger partial charge in [0.05, 0.1) is 11.6 Å². The van der Waals surface area contributed by atoms with E-state index in [2.05, 4.69) is 23.5 Å². The fourth-order valence-electron chi connectivity index (χ4n) is 7.40. The molecule has 2 aromatic carbocycles. The van der Waals surface area contributed by atoms with Crippen LogP contribution in [0.3, 0.4) is 0 Å². The number of nitrogens with zero attached hydrogens (tertiary/aromatic N) is 1. The second-order valence-corrected chi connectivity index (χ2v) is 12.2. The van der Waals surface area contributed by atoms with Gasteiger partial charge in [-0.1, -0.05) is 54.1 Å². The molecule has 4 aliphatic rings. The number of nitrogens with one attached hydrogen (secondary N) is 1. The molecule has 4 aliphatic carbocycles. The number of hydrogen-bond donors (Lipinski definition) is 6. The molecule has 0 aromatic heterocycles. The van der Waals surface area contributed by atoms with E-state index in [0.717, 1.165) is 17.7 Å². The van der Waals surface area contributed by atoms with Crippen molar-refractivity contribution in [2.24, 2.45) is 17.6 Å². The van der Waals surface area contributed by atoms with Crippen LogP contribution in [0.25, 0.3) is 5.57 Å². The van der Waals surface area contributed by atoms with Crippen molar-refractivity contribution in [3.05, 3.63) is 105 Å². The summed E-state index contributed by atoms with van der Waals surface area (Å²) < 4.78 is 0. The van der Waals surface area contributed by atoms with Crippen molar-refractivity contribution in [3.63, 3.8) is 0 Å². The van der Waals surface area contributed by atoms with Crippen LogP contribution in [0.5, 0.6) is 5.75 Å². The van der Waals surface area contributed by atoms with Gasteiger partial charge in [-0.25, -0.2) is 0 Å². The van der Waals surface area contributed by atoms with Gasteiger partial charge in [-0.15, -0.1) is 0 Å². The highest BCUT2D eigenvalue weighted by atomic mass is 16.3. The smallest absolute Gasteiger partial charge is 0.255 e. The lowest BCUT2D eigenvalue weighted by atomic mass is 9.58. The number of aromatic hydroxyl groups is 1. The Bertz CT molecular complexity index is 1720. The van der Waals surface area contributed by atoms with Gasteiger partial charge in [0.2, 0.25) is 5.78 Å². The van der Waals surface area contributed by atoms with Gasteiger partial charge in [-0.2, -0.15) is 0 Å². The van der Waals surface area contributed by atoms with Gasteiger partial charge < -0.3 is 31.5 Å². The number of nitrogens with two attached hydrogens (primary N) is 1. The molecule has 2 aromatic rings. The summed E-state index contributed by atoms with van der Waals surface area (Å²) in [5, 5.41) is 48.5. The lowest BCUT2D eigenvalue weighted by molar-refractivity contribution is -0.148. The Labute approximate surface area is 254 Å². The van der Waals surface area contributed by atoms with E-state index < -0.39 is 58.0 Å². The van der Waals surface area contributed by atoms with Crippen LogP contribution in [0.1, 0.15) is 39.9 Å². The van der Waals surface area contributed by atoms with E-state index in [1.54, 1.807) is 20.2 Å². The van der Waals surface area contributed by atoms with Crippen molar-refractivity contribution < 1.29 is 34.8 Å². The first-order chi connectivity index (χ1) is 20.9. The first-order valence-corrected chi connectivity index (χ1v) is 14.6. The number of carbonyl (C=O) groups excluding carboxylic acids is 3. The van der Waals surface area contributed by atoms with Crippen LogP contribution in [-0.2, 0) is 22.6 Å². The molecule has 44 heavy (non-hydrogen) atoms. The molecule has 7 N–H and O–H groups in total. The number of aliphatic hydroxyl groups excluding tert-OH is 2. The molecule has 0 heterocycles. The molecule has 0 radical (unpaired) electrons. The Morgan fingerprint density at radius 2 is 1.77 bits per heavy atom. The first-order valence-electron chi connectivity index (χ1n) is 14.6. The molecule has 0 saturated heterocycles. The van der Waals surface area contributed by atoms with Crippen molar-refractivity contribution in [2.45, 2.75) is 37.5 Å². The number of fused-ring (bicyclic) bond motifs is 3. The quantitative estimate of drug-likeness (QED) is 0.262. The van der Waals surface area contributed by atoms with E-state index in [1.165, 1.54) is 22.1 Å². The number of primary amides is 1. The SMILES string of the molecule is CN(C)[C@H]1C(O)=C(C(N)=O)C(=O)[C@@]2(O)C(O)=C3C(=O)c4c(O)ccc(C5=CC=C(CNCc6ccccc6)C5)c4C[C@H]3C[C@@H]12. The summed E-state index contributed by atoms with van der Waals surface area (Å²) >= 11 is 0. The number of benzene rings is 2. The highest BCUT2D eigenvalue weighted by molar-refractivity contribution is 6.24. The lowest BCUT2D eigenvalue weighted by Crippen LogP contribution is -2.63. The van der Waals surface area contributed by atoms with Gasteiger partial charge in [0.15, 0.2) is 11.4 Å². The molecule has 0 aliphatic heterocycles. The maximum Gasteiger partial charge on any atom is 0.255 e. The average Bonchev–Trinajstić information content (AvgIpc) is 3.44. The summed E-state index contributed by atoms with van der Waals surface area (Å²) in [6.45, 7) is 1.41.